The molecule has 2 nitrogen and oxygen atoms in total. The first-order chi connectivity index (χ1) is 9.58. The number of carbonyl (C=O) groups excluding carboxylic acids is 1. The van der Waals surface area contributed by atoms with Crippen LogP contribution in [0.3, 0.4) is 0 Å². The van der Waals surface area contributed by atoms with E-state index < -0.39 is 11.6 Å². The van der Waals surface area contributed by atoms with Crippen LogP contribution in [0.1, 0.15) is 15.9 Å². The fourth-order valence-electron chi connectivity index (χ4n) is 2.14. The van der Waals surface area contributed by atoms with Crippen molar-refractivity contribution in [3.63, 3.8) is 0 Å². The Labute approximate surface area is 127 Å². The molecule has 1 heterocycles. The average molecular weight is 353 g/mol. The summed E-state index contributed by atoms with van der Waals surface area (Å²) in [4.78, 5) is 15.5. The molecule has 0 saturated heterocycles. The van der Waals surface area contributed by atoms with Crippen LogP contribution in [-0.2, 0) is 0 Å². The smallest absolute Gasteiger partial charge is 0.198 e. The lowest BCUT2D eigenvalue weighted by molar-refractivity contribution is 0.103. The van der Waals surface area contributed by atoms with Gasteiger partial charge in [-0.05, 0) is 30.3 Å². The highest BCUT2D eigenvalue weighted by Gasteiger charge is 2.19. The van der Waals surface area contributed by atoms with Crippen LogP contribution < -0.4 is 0 Å². The SMILES string of the molecule is O=C(c1cc(Cl)ccc1F)c1c[nH]c2cccc(Br)c12. The summed E-state index contributed by atoms with van der Waals surface area (Å²) in [7, 11) is 0. The Bertz CT molecular complexity index is 828. The third-order valence-corrected chi connectivity index (χ3v) is 3.97. The Balaban J connectivity index is 2.21. The molecule has 20 heavy (non-hydrogen) atoms. The molecule has 5 heteroatoms. The second-order valence-electron chi connectivity index (χ2n) is 4.32. The minimum absolute atomic E-state index is 0.0332. The molecule has 100 valence electrons. The molecule has 0 radical (unpaired) electrons. The average Bonchev–Trinajstić information content (AvgIpc) is 2.86. The molecular formula is C15H8BrClFNO. The van der Waals surface area contributed by atoms with Gasteiger partial charge in [0.25, 0.3) is 0 Å². The number of ketones is 1. The van der Waals surface area contributed by atoms with Crippen LogP contribution in [-0.4, -0.2) is 10.8 Å². The topological polar surface area (TPSA) is 32.9 Å². The standard InChI is InChI=1S/C15H8BrClFNO/c16-11-2-1-3-13-14(11)10(7-19-13)15(20)9-6-8(17)4-5-12(9)18/h1-7,19H. The van der Waals surface area contributed by atoms with Crippen LogP contribution >= 0.6 is 27.5 Å². The maximum Gasteiger partial charge on any atom is 0.198 e. The van der Waals surface area contributed by atoms with E-state index in [2.05, 4.69) is 20.9 Å². The molecule has 0 bridgehead atoms. The van der Waals surface area contributed by atoms with Gasteiger partial charge in [-0.15, -0.1) is 0 Å². The van der Waals surface area contributed by atoms with Crippen molar-refractivity contribution in [1.82, 2.24) is 4.98 Å². The van der Waals surface area contributed by atoms with E-state index in [-0.39, 0.29) is 5.56 Å². The van der Waals surface area contributed by atoms with Gasteiger partial charge in [-0.3, -0.25) is 4.79 Å². The lowest BCUT2D eigenvalue weighted by Gasteiger charge is -2.03. The molecule has 3 aromatic rings. The summed E-state index contributed by atoms with van der Waals surface area (Å²) in [6.45, 7) is 0. The number of fused-ring (bicyclic) bond motifs is 1. The minimum atomic E-state index is -0.583. The van der Waals surface area contributed by atoms with Crippen molar-refractivity contribution in [3.8, 4) is 0 Å². The number of hydrogen-bond acceptors (Lipinski definition) is 1. The zero-order valence-corrected chi connectivity index (χ0v) is 12.4. The Kier molecular flexibility index (Phi) is 3.36. The van der Waals surface area contributed by atoms with Gasteiger partial charge >= 0.3 is 0 Å². The van der Waals surface area contributed by atoms with E-state index >= 15 is 0 Å². The normalized spacial score (nSPS) is 10.9. The summed E-state index contributed by atoms with van der Waals surface area (Å²) in [6, 6.07) is 9.50. The molecule has 0 saturated carbocycles. The van der Waals surface area contributed by atoms with E-state index in [1.54, 1.807) is 6.20 Å². The van der Waals surface area contributed by atoms with Crippen LogP contribution in [0.15, 0.2) is 47.1 Å². The van der Waals surface area contributed by atoms with Crippen molar-refractivity contribution in [1.29, 1.82) is 0 Å². The van der Waals surface area contributed by atoms with E-state index in [9.17, 15) is 9.18 Å². The molecule has 3 rings (SSSR count). The van der Waals surface area contributed by atoms with Gasteiger partial charge in [0.15, 0.2) is 5.78 Å². The van der Waals surface area contributed by atoms with E-state index in [1.807, 2.05) is 18.2 Å². The Morgan fingerprint density at radius 2 is 2.00 bits per heavy atom. The maximum absolute atomic E-state index is 13.8. The summed E-state index contributed by atoms with van der Waals surface area (Å²) in [6.07, 6.45) is 1.58. The third-order valence-electron chi connectivity index (χ3n) is 3.07. The minimum Gasteiger partial charge on any atom is -0.360 e. The van der Waals surface area contributed by atoms with Gasteiger partial charge in [0.05, 0.1) is 5.56 Å². The second-order valence-corrected chi connectivity index (χ2v) is 5.61. The van der Waals surface area contributed by atoms with Gasteiger partial charge in [0, 0.05) is 32.2 Å². The van der Waals surface area contributed by atoms with Gasteiger partial charge < -0.3 is 4.98 Å². The molecule has 1 N–H and O–H groups in total. The lowest BCUT2D eigenvalue weighted by atomic mass is 10.0. The van der Waals surface area contributed by atoms with Crippen LogP contribution in [0.2, 0.25) is 5.02 Å². The fraction of sp³-hybridized carbons (Fsp3) is 0. The first-order valence-corrected chi connectivity index (χ1v) is 7.00. The first-order valence-electron chi connectivity index (χ1n) is 5.83. The second kappa shape index (κ2) is 5.04. The first kappa shape index (κ1) is 13.3. The number of hydrogen-bond donors (Lipinski definition) is 1. The number of halogens is 3. The van der Waals surface area contributed by atoms with E-state index in [0.717, 1.165) is 15.4 Å². The molecule has 0 atom stereocenters. The molecule has 2 aromatic carbocycles. The number of carbonyl (C=O) groups is 1. The number of rotatable bonds is 2. The summed E-state index contributed by atoms with van der Waals surface area (Å²) < 4.78 is 14.6. The Hall–Kier alpha value is -1.65. The summed E-state index contributed by atoms with van der Waals surface area (Å²) in [5.41, 5.74) is 1.19. The summed E-state index contributed by atoms with van der Waals surface area (Å²) >= 11 is 9.24. The van der Waals surface area contributed by atoms with E-state index in [4.69, 9.17) is 11.6 Å². The lowest BCUT2D eigenvalue weighted by Crippen LogP contribution is -2.03. The van der Waals surface area contributed by atoms with E-state index in [0.29, 0.717) is 10.6 Å². The van der Waals surface area contributed by atoms with Crippen LogP contribution in [0.4, 0.5) is 4.39 Å². The highest BCUT2D eigenvalue weighted by Crippen LogP contribution is 2.29. The van der Waals surface area contributed by atoms with Gasteiger partial charge in [0.2, 0.25) is 0 Å². The summed E-state index contributed by atoms with van der Waals surface area (Å²) in [5.74, 6) is -0.982. The van der Waals surface area contributed by atoms with Gasteiger partial charge in [-0.1, -0.05) is 33.6 Å². The number of benzene rings is 2. The monoisotopic (exact) mass is 351 g/mol. The van der Waals surface area contributed by atoms with E-state index in [1.165, 1.54) is 18.2 Å². The number of aromatic amines is 1. The number of aromatic nitrogens is 1. The van der Waals surface area contributed by atoms with Gasteiger partial charge in [-0.2, -0.15) is 0 Å². The zero-order chi connectivity index (χ0) is 14.3. The van der Waals surface area contributed by atoms with Crippen LogP contribution in [0.5, 0.6) is 0 Å². The molecule has 0 amide bonds. The number of H-pyrrole nitrogens is 1. The molecule has 1 aromatic heterocycles. The van der Waals surface area contributed by atoms with Crippen molar-refractivity contribution in [2.24, 2.45) is 0 Å². The van der Waals surface area contributed by atoms with Crippen LogP contribution in [0.25, 0.3) is 10.9 Å². The highest BCUT2D eigenvalue weighted by molar-refractivity contribution is 9.10. The predicted octanol–water partition coefficient (Wildman–Crippen LogP) is 4.95. The number of nitrogens with one attached hydrogen (secondary N) is 1. The maximum atomic E-state index is 13.8. The van der Waals surface area contributed by atoms with Crippen molar-refractivity contribution < 1.29 is 9.18 Å². The fourth-order valence-corrected chi connectivity index (χ4v) is 2.89. The molecule has 0 spiro atoms. The molecular weight excluding hydrogens is 345 g/mol. The molecule has 0 aliphatic carbocycles. The van der Waals surface area contributed by atoms with Crippen molar-refractivity contribution in [3.05, 3.63) is 69.0 Å². The predicted molar refractivity (Wildman–Crippen MR) is 80.8 cm³/mol. The third kappa shape index (κ3) is 2.15. The van der Waals surface area contributed by atoms with Crippen LogP contribution in [0, 0.1) is 5.82 Å². The van der Waals surface area contributed by atoms with Crippen molar-refractivity contribution in [2.45, 2.75) is 0 Å². The molecule has 0 unspecified atom stereocenters. The Morgan fingerprint density at radius 3 is 2.80 bits per heavy atom. The van der Waals surface area contributed by atoms with Gasteiger partial charge in [-0.25, -0.2) is 4.39 Å². The molecule has 0 fully saturated rings. The van der Waals surface area contributed by atoms with Crippen molar-refractivity contribution in [2.75, 3.05) is 0 Å². The molecule has 0 aliphatic rings. The van der Waals surface area contributed by atoms with Crippen molar-refractivity contribution >= 4 is 44.2 Å². The quantitative estimate of drug-likeness (QED) is 0.650. The zero-order valence-electron chi connectivity index (χ0n) is 10.1. The molecule has 0 aliphatic heterocycles. The largest absolute Gasteiger partial charge is 0.360 e. The summed E-state index contributed by atoms with van der Waals surface area (Å²) in [5, 5.41) is 1.06. The van der Waals surface area contributed by atoms with Gasteiger partial charge in [0.1, 0.15) is 5.82 Å². The highest BCUT2D eigenvalue weighted by atomic mass is 79.9. The Morgan fingerprint density at radius 1 is 1.20 bits per heavy atom.